The molecule has 0 bridgehead atoms. The first-order chi connectivity index (χ1) is 8.11. The Balaban J connectivity index is 0.00000162. The quantitative estimate of drug-likeness (QED) is 0.898. The monoisotopic (exact) mass is 289 g/mol. The second kappa shape index (κ2) is 6.50. The number of aromatic nitrogens is 1. The fourth-order valence-electron chi connectivity index (χ4n) is 2.39. The molecule has 6 heteroatoms. The Morgan fingerprint density at radius 1 is 1.50 bits per heavy atom. The van der Waals surface area contributed by atoms with Gasteiger partial charge in [0.1, 0.15) is 0 Å². The van der Waals surface area contributed by atoms with Crippen LogP contribution in [0.25, 0.3) is 0 Å². The Bertz CT molecular complexity index is 402. The number of carbonyl (C=O) groups excluding carboxylic acids is 1. The summed E-state index contributed by atoms with van der Waals surface area (Å²) in [5, 5.41) is 3.64. The number of rotatable bonds is 3. The van der Waals surface area contributed by atoms with Crippen LogP contribution < -0.4 is 11.1 Å². The van der Waals surface area contributed by atoms with Gasteiger partial charge in [-0.2, -0.15) is 0 Å². The summed E-state index contributed by atoms with van der Waals surface area (Å²) in [6.07, 6.45) is 3.14. The highest BCUT2D eigenvalue weighted by Gasteiger charge is 2.32. The van der Waals surface area contributed by atoms with E-state index in [1.165, 1.54) is 11.3 Å². The summed E-state index contributed by atoms with van der Waals surface area (Å²) in [4.78, 5) is 17.6. The average molecular weight is 290 g/mol. The van der Waals surface area contributed by atoms with Gasteiger partial charge in [0.05, 0.1) is 5.69 Å². The summed E-state index contributed by atoms with van der Waals surface area (Å²) in [6.45, 7) is 4.58. The molecule has 1 aliphatic carbocycles. The van der Waals surface area contributed by atoms with E-state index in [0.717, 1.165) is 29.8 Å². The van der Waals surface area contributed by atoms with E-state index < -0.39 is 0 Å². The predicted molar refractivity (Wildman–Crippen MR) is 77.4 cm³/mol. The van der Waals surface area contributed by atoms with Crippen LogP contribution in [0, 0.1) is 25.7 Å². The van der Waals surface area contributed by atoms with Crippen LogP contribution in [-0.2, 0) is 4.79 Å². The number of aryl methyl sites for hydroxylation is 2. The number of carbonyl (C=O) groups is 1. The molecule has 0 spiro atoms. The van der Waals surface area contributed by atoms with Crippen molar-refractivity contribution in [1.29, 1.82) is 0 Å². The van der Waals surface area contributed by atoms with E-state index in [1.807, 2.05) is 13.8 Å². The Kier molecular flexibility index (Phi) is 5.56. The molecule has 2 rings (SSSR count). The van der Waals surface area contributed by atoms with Crippen molar-refractivity contribution < 1.29 is 4.79 Å². The third-order valence-corrected chi connectivity index (χ3v) is 4.55. The SMILES string of the molecule is Cc1nc(NC(=O)[C@@H]2CCC[C@@H]2CN)sc1C.Cl. The fourth-order valence-corrected chi connectivity index (χ4v) is 3.21. The molecule has 1 aromatic heterocycles. The number of hydrogen-bond acceptors (Lipinski definition) is 4. The highest BCUT2D eigenvalue weighted by atomic mass is 35.5. The Morgan fingerprint density at radius 2 is 2.22 bits per heavy atom. The molecule has 1 amide bonds. The van der Waals surface area contributed by atoms with Gasteiger partial charge >= 0.3 is 0 Å². The Labute approximate surface area is 118 Å². The number of anilines is 1. The molecule has 102 valence electrons. The minimum Gasteiger partial charge on any atom is -0.330 e. The number of amides is 1. The lowest BCUT2D eigenvalue weighted by Crippen LogP contribution is -2.29. The lowest BCUT2D eigenvalue weighted by atomic mass is 9.95. The van der Waals surface area contributed by atoms with Crippen molar-refractivity contribution in [2.45, 2.75) is 33.1 Å². The van der Waals surface area contributed by atoms with Crippen LogP contribution >= 0.6 is 23.7 Å². The smallest absolute Gasteiger partial charge is 0.229 e. The second-order valence-electron chi connectivity index (χ2n) is 4.68. The molecule has 1 aliphatic rings. The molecule has 1 saturated carbocycles. The van der Waals surface area contributed by atoms with Gasteiger partial charge in [-0.3, -0.25) is 4.79 Å². The molecule has 18 heavy (non-hydrogen) atoms. The normalized spacial score (nSPS) is 22.6. The molecule has 1 aromatic rings. The van der Waals surface area contributed by atoms with E-state index in [4.69, 9.17) is 5.73 Å². The zero-order valence-electron chi connectivity index (χ0n) is 10.7. The van der Waals surface area contributed by atoms with Gasteiger partial charge in [0.2, 0.25) is 5.91 Å². The molecule has 0 saturated heterocycles. The summed E-state index contributed by atoms with van der Waals surface area (Å²) in [7, 11) is 0. The molecule has 4 nitrogen and oxygen atoms in total. The number of hydrogen-bond donors (Lipinski definition) is 2. The van der Waals surface area contributed by atoms with E-state index in [-0.39, 0.29) is 24.2 Å². The van der Waals surface area contributed by atoms with Gasteiger partial charge in [0.25, 0.3) is 0 Å². The van der Waals surface area contributed by atoms with Crippen molar-refractivity contribution in [2.75, 3.05) is 11.9 Å². The topological polar surface area (TPSA) is 68.0 Å². The molecule has 1 fully saturated rings. The highest BCUT2D eigenvalue weighted by molar-refractivity contribution is 7.15. The van der Waals surface area contributed by atoms with Gasteiger partial charge in [0.15, 0.2) is 5.13 Å². The van der Waals surface area contributed by atoms with Crippen molar-refractivity contribution in [3.63, 3.8) is 0 Å². The van der Waals surface area contributed by atoms with Crippen molar-refractivity contribution in [3.05, 3.63) is 10.6 Å². The van der Waals surface area contributed by atoms with Gasteiger partial charge in [0, 0.05) is 10.8 Å². The van der Waals surface area contributed by atoms with Gasteiger partial charge in [-0.05, 0) is 39.2 Å². The van der Waals surface area contributed by atoms with Crippen molar-refractivity contribution >= 4 is 34.8 Å². The van der Waals surface area contributed by atoms with Crippen molar-refractivity contribution in [1.82, 2.24) is 4.98 Å². The number of halogens is 1. The first-order valence-electron chi connectivity index (χ1n) is 6.06. The predicted octanol–water partition coefficient (Wildman–Crippen LogP) is 2.50. The summed E-state index contributed by atoms with van der Waals surface area (Å²) in [6, 6.07) is 0. The first-order valence-corrected chi connectivity index (χ1v) is 6.88. The third kappa shape index (κ3) is 3.22. The van der Waals surface area contributed by atoms with Crippen LogP contribution in [0.3, 0.4) is 0 Å². The van der Waals surface area contributed by atoms with Crippen LogP contribution in [0.5, 0.6) is 0 Å². The summed E-state index contributed by atoms with van der Waals surface area (Å²) in [5.74, 6) is 0.508. The lowest BCUT2D eigenvalue weighted by Gasteiger charge is -2.16. The van der Waals surface area contributed by atoms with Crippen molar-refractivity contribution in [3.8, 4) is 0 Å². The number of nitrogens with two attached hydrogens (primary N) is 1. The van der Waals surface area contributed by atoms with Crippen molar-refractivity contribution in [2.24, 2.45) is 17.6 Å². The summed E-state index contributed by atoms with van der Waals surface area (Å²) >= 11 is 1.54. The molecule has 2 atom stereocenters. The number of nitrogens with zero attached hydrogens (tertiary/aromatic N) is 1. The fraction of sp³-hybridized carbons (Fsp3) is 0.667. The van der Waals surface area contributed by atoms with E-state index in [2.05, 4.69) is 10.3 Å². The third-order valence-electron chi connectivity index (χ3n) is 3.56. The molecule has 0 unspecified atom stereocenters. The molecule has 0 radical (unpaired) electrons. The maximum absolute atomic E-state index is 12.1. The average Bonchev–Trinajstić information content (AvgIpc) is 2.86. The first kappa shape index (κ1) is 15.4. The van der Waals surface area contributed by atoms with E-state index in [0.29, 0.717) is 17.6 Å². The van der Waals surface area contributed by atoms with Gasteiger partial charge < -0.3 is 11.1 Å². The maximum atomic E-state index is 12.1. The summed E-state index contributed by atoms with van der Waals surface area (Å²) < 4.78 is 0. The summed E-state index contributed by atoms with van der Waals surface area (Å²) in [5.41, 5.74) is 6.68. The zero-order chi connectivity index (χ0) is 12.4. The zero-order valence-corrected chi connectivity index (χ0v) is 12.4. The van der Waals surface area contributed by atoms with Gasteiger partial charge in [-0.1, -0.05) is 6.42 Å². The minimum absolute atomic E-state index is 0. The maximum Gasteiger partial charge on any atom is 0.229 e. The van der Waals surface area contributed by atoms with E-state index in [1.54, 1.807) is 0 Å². The number of nitrogens with one attached hydrogen (secondary N) is 1. The standard InChI is InChI=1S/C12H19N3OS.ClH/c1-7-8(2)17-12(14-7)15-11(16)10-5-3-4-9(10)6-13;/h9-10H,3-6,13H2,1-2H3,(H,14,15,16);1H/t9-,10-;/m1./s1. The second-order valence-corrected chi connectivity index (χ2v) is 5.89. The molecule has 0 aromatic carbocycles. The van der Waals surface area contributed by atoms with E-state index >= 15 is 0 Å². The Morgan fingerprint density at radius 3 is 2.78 bits per heavy atom. The molecule has 0 aliphatic heterocycles. The molecular formula is C12H20ClN3OS. The lowest BCUT2D eigenvalue weighted by molar-refractivity contribution is -0.120. The minimum atomic E-state index is 0. The van der Waals surface area contributed by atoms with Gasteiger partial charge in [-0.25, -0.2) is 4.98 Å². The molecular weight excluding hydrogens is 270 g/mol. The van der Waals surface area contributed by atoms with Crippen LogP contribution in [0.1, 0.15) is 29.8 Å². The van der Waals surface area contributed by atoms with Crippen LogP contribution in [0.4, 0.5) is 5.13 Å². The van der Waals surface area contributed by atoms with E-state index in [9.17, 15) is 4.79 Å². The molecule has 1 heterocycles. The van der Waals surface area contributed by atoms with Crippen LogP contribution in [0.2, 0.25) is 0 Å². The van der Waals surface area contributed by atoms with Crippen LogP contribution in [-0.4, -0.2) is 17.4 Å². The molecule has 3 N–H and O–H groups in total. The Hall–Kier alpha value is -0.650. The van der Waals surface area contributed by atoms with Crippen LogP contribution in [0.15, 0.2) is 0 Å². The highest BCUT2D eigenvalue weighted by Crippen LogP contribution is 2.32. The largest absolute Gasteiger partial charge is 0.330 e. The number of thiazole rings is 1. The van der Waals surface area contributed by atoms with Gasteiger partial charge in [-0.15, -0.1) is 23.7 Å².